The molecule has 0 atom stereocenters. The molecule has 9 heteroatoms. The molecule has 1 aliphatic rings. The maximum atomic E-state index is 12.7. The Bertz CT molecular complexity index is 1100. The topological polar surface area (TPSA) is 67.9 Å². The van der Waals surface area contributed by atoms with Gasteiger partial charge >= 0.3 is 0 Å². The molecule has 0 aromatic heterocycles. The molecule has 32 heavy (non-hydrogen) atoms. The Morgan fingerprint density at radius 2 is 2.03 bits per heavy atom. The van der Waals surface area contributed by atoms with Crippen molar-refractivity contribution in [2.75, 3.05) is 19.0 Å². The van der Waals surface area contributed by atoms with Gasteiger partial charge < -0.3 is 14.8 Å². The number of hydrogen-bond donors (Lipinski definition) is 1. The van der Waals surface area contributed by atoms with Crippen LogP contribution in [0.1, 0.15) is 25.0 Å². The molecule has 1 aliphatic heterocycles. The minimum absolute atomic E-state index is 0.00346. The molecule has 0 radical (unpaired) electrons. The molecule has 0 saturated carbocycles. The van der Waals surface area contributed by atoms with E-state index in [2.05, 4.69) is 21.2 Å². The van der Waals surface area contributed by atoms with Crippen molar-refractivity contribution in [2.45, 2.75) is 26.8 Å². The highest BCUT2D eigenvalue weighted by Gasteiger charge is 2.33. The number of amides is 2. The Labute approximate surface area is 205 Å². The quantitative estimate of drug-likeness (QED) is 0.379. The smallest absolute Gasteiger partial charge is 0.266 e. The Kier molecular flexibility index (Phi) is 7.97. The largest absolute Gasteiger partial charge is 0.493 e. The second-order valence-electron chi connectivity index (χ2n) is 7.33. The first-order chi connectivity index (χ1) is 15.2. The van der Waals surface area contributed by atoms with Gasteiger partial charge in [0, 0.05) is 11.7 Å². The van der Waals surface area contributed by atoms with E-state index in [0.29, 0.717) is 25.2 Å². The number of nitrogens with one attached hydrogen (secondary N) is 1. The van der Waals surface area contributed by atoms with Crippen LogP contribution in [0.25, 0.3) is 6.08 Å². The number of hydrogen-bond acceptors (Lipinski definition) is 6. The molecule has 1 saturated heterocycles. The molecular formula is C23H23BrN2O4S2. The molecule has 3 rings (SSSR count). The summed E-state index contributed by atoms with van der Waals surface area (Å²) in [6, 6.07) is 11.1. The van der Waals surface area contributed by atoms with Crippen LogP contribution in [0.5, 0.6) is 11.5 Å². The Morgan fingerprint density at radius 3 is 2.66 bits per heavy atom. The van der Waals surface area contributed by atoms with Crippen LogP contribution in [-0.2, 0) is 9.59 Å². The highest BCUT2D eigenvalue weighted by Crippen LogP contribution is 2.39. The monoisotopic (exact) mass is 534 g/mol. The molecular weight excluding hydrogens is 512 g/mol. The number of carbonyl (C=O) groups excluding carboxylic acids is 2. The van der Waals surface area contributed by atoms with E-state index >= 15 is 0 Å². The second kappa shape index (κ2) is 10.5. The van der Waals surface area contributed by atoms with Crippen molar-refractivity contribution < 1.29 is 19.1 Å². The number of carbonyl (C=O) groups is 2. The van der Waals surface area contributed by atoms with Crippen LogP contribution in [0.2, 0.25) is 0 Å². The van der Waals surface area contributed by atoms with E-state index < -0.39 is 0 Å². The average molecular weight is 535 g/mol. The van der Waals surface area contributed by atoms with Gasteiger partial charge in [0.1, 0.15) is 4.32 Å². The number of thiocarbonyl (C=S) groups is 1. The number of benzene rings is 2. The molecule has 168 valence electrons. The Balaban J connectivity index is 1.76. The molecule has 2 aromatic rings. The van der Waals surface area contributed by atoms with Crippen LogP contribution >= 0.6 is 39.9 Å². The third kappa shape index (κ3) is 5.51. The molecule has 0 spiro atoms. The van der Waals surface area contributed by atoms with Gasteiger partial charge in [0.15, 0.2) is 18.1 Å². The summed E-state index contributed by atoms with van der Waals surface area (Å²) >= 11 is 10.1. The van der Waals surface area contributed by atoms with Crippen LogP contribution < -0.4 is 14.8 Å². The van der Waals surface area contributed by atoms with Gasteiger partial charge in [-0.3, -0.25) is 14.5 Å². The van der Waals surface area contributed by atoms with Gasteiger partial charge in [0.25, 0.3) is 11.8 Å². The van der Waals surface area contributed by atoms with Crippen molar-refractivity contribution in [3.63, 3.8) is 0 Å². The van der Waals surface area contributed by atoms with Crippen molar-refractivity contribution in [3.05, 3.63) is 56.9 Å². The van der Waals surface area contributed by atoms with Crippen LogP contribution in [0, 0.1) is 6.92 Å². The molecule has 6 nitrogen and oxygen atoms in total. The second-order valence-corrected chi connectivity index (χ2v) is 9.86. The molecule has 1 N–H and O–H groups in total. The summed E-state index contributed by atoms with van der Waals surface area (Å²) in [4.78, 5) is 27.1. The summed E-state index contributed by atoms with van der Waals surface area (Å²) in [5, 5.41) is 2.83. The third-order valence-corrected chi connectivity index (χ3v) is 6.58. The first kappa shape index (κ1) is 24.3. The molecule has 2 aromatic carbocycles. The van der Waals surface area contributed by atoms with Gasteiger partial charge in [-0.15, -0.1) is 0 Å². The lowest BCUT2D eigenvalue weighted by molar-refractivity contribution is -0.123. The van der Waals surface area contributed by atoms with E-state index in [1.807, 2.05) is 45.0 Å². The van der Waals surface area contributed by atoms with Gasteiger partial charge in [-0.2, -0.15) is 0 Å². The Hall–Kier alpha value is -2.36. The number of anilines is 1. The number of ether oxygens (including phenoxy) is 2. The number of methoxy groups -OCH3 is 1. The normalized spacial score (nSPS) is 14.9. The maximum absolute atomic E-state index is 12.7. The number of halogens is 1. The molecule has 2 amide bonds. The van der Waals surface area contributed by atoms with E-state index in [9.17, 15) is 9.59 Å². The lowest BCUT2D eigenvalue weighted by atomic mass is 10.1. The van der Waals surface area contributed by atoms with Crippen LogP contribution in [0.3, 0.4) is 0 Å². The van der Waals surface area contributed by atoms with E-state index in [1.54, 1.807) is 23.1 Å². The van der Waals surface area contributed by atoms with Gasteiger partial charge in [-0.25, -0.2) is 0 Å². The van der Waals surface area contributed by atoms with Crippen molar-refractivity contribution in [1.82, 2.24) is 4.90 Å². The first-order valence-electron chi connectivity index (χ1n) is 9.84. The standard InChI is InChI=1S/C23H23BrN2O4S2/c1-13(2)26-22(28)19(32-23(26)31)11-15-9-16(24)21(18(10-15)29-4)30-12-20(27)25-17-8-6-5-7-14(17)3/h5-11,13H,12H2,1-4H3,(H,25,27)/b19-11-. The maximum Gasteiger partial charge on any atom is 0.266 e. The lowest BCUT2D eigenvalue weighted by Gasteiger charge is -2.18. The third-order valence-electron chi connectivity index (χ3n) is 4.66. The van der Waals surface area contributed by atoms with Gasteiger partial charge in [-0.05, 0) is 72.1 Å². The van der Waals surface area contributed by atoms with Gasteiger partial charge in [0.05, 0.1) is 16.5 Å². The summed E-state index contributed by atoms with van der Waals surface area (Å²) in [7, 11) is 1.52. The fourth-order valence-corrected chi connectivity index (χ4v) is 5.17. The molecule has 1 fully saturated rings. The van der Waals surface area contributed by atoms with Crippen molar-refractivity contribution in [3.8, 4) is 11.5 Å². The average Bonchev–Trinajstić information content (AvgIpc) is 3.01. The predicted molar refractivity (Wildman–Crippen MR) is 136 cm³/mol. The highest BCUT2D eigenvalue weighted by molar-refractivity contribution is 9.10. The predicted octanol–water partition coefficient (Wildman–Crippen LogP) is 5.39. The van der Waals surface area contributed by atoms with Gasteiger partial charge in [0.2, 0.25) is 0 Å². The number of rotatable bonds is 7. The zero-order chi connectivity index (χ0) is 23.4. The SMILES string of the molecule is COc1cc(/C=C2\SC(=S)N(C(C)C)C2=O)cc(Br)c1OCC(=O)Nc1ccccc1C. The first-order valence-corrected chi connectivity index (χ1v) is 11.9. The molecule has 1 heterocycles. The van der Waals surface area contributed by atoms with E-state index in [4.69, 9.17) is 21.7 Å². The molecule has 0 bridgehead atoms. The number of para-hydroxylation sites is 1. The zero-order valence-electron chi connectivity index (χ0n) is 18.1. The fourth-order valence-electron chi connectivity index (χ4n) is 3.08. The van der Waals surface area contributed by atoms with Gasteiger partial charge in [-0.1, -0.05) is 42.2 Å². The molecule has 0 unspecified atom stereocenters. The van der Waals surface area contributed by atoms with E-state index in [-0.39, 0.29) is 24.5 Å². The van der Waals surface area contributed by atoms with Crippen LogP contribution in [0.15, 0.2) is 45.8 Å². The summed E-state index contributed by atoms with van der Waals surface area (Å²) in [5.74, 6) is 0.445. The zero-order valence-corrected chi connectivity index (χ0v) is 21.3. The van der Waals surface area contributed by atoms with E-state index in [0.717, 1.165) is 16.8 Å². The highest BCUT2D eigenvalue weighted by atomic mass is 79.9. The summed E-state index contributed by atoms with van der Waals surface area (Å²) in [5.41, 5.74) is 2.45. The van der Waals surface area contributed by atoms with Crippen molar-refractivity contribution >= 4 is 67.8 Å². The summed E-state index contributed by atoms with van der Waals surface area (Å²) < 4.78 is 12.3. The Morgan fingerprint density at radius 1 is 1.31 bits per heavy atom. The minimum atomic E-state index is -0.283. The minimum Gasteiger partial charge on any atom is -0.493 e. The molecule has 0 aliphatic carbocycles. The number of nitrogens with zero attached hydrogens (tertiary/aromatic N) is 1. The fraction of sp³-hybridized carbons (Fsp3) is 0.261. The number of thioether (sulfide) groups is 1. The van der Waals surface area contributed by atoms with E-state index in [1.165, 1.54) is 18.9 Å². The summed E-state index contributed by atoms with van der Waals surface area (Å²) in [6.45, 7) is 5.59. The van der Waals surface area contributed by atoms with Crippen molar-refractivity contribution in [1.29, 1.82) is 0 Å². The lowest BCUT2D eigenvalue weighted by Crippen LogP contribution is -2.34. The van der Waals surface area contributed by atoms with Crippen molar-refractivity contribution in [2.24, 2.45) is 0 Å². The summed E-state index contributed by atoms with van der Waals surface area (Å²) in [6.07, 6.45) is 1.77. The number of aryl methyl sites for hydroxylation is 1. The van der Waals surface area contributed by atoms with Crippen LogP contribution in [-0.4, -0.2) is 40.8 Å². The van der Waals surface area contributed by atoms with Crippen LogP contribution in [0.4, 0.5) is 5.69 Å².